The Balaban J connectivity index is 1.94. The standard InChI is InChI=1S/C26H24N2O3/c1-4-18-10-12-19(13-11-18)24(29)22-23(20-7-5-6-14-27-20)28(26(31)25(22)30)21-15-16(2)8-9-17(21)3/h5-15,23,29H,4H2,1-3H3/b24-22+. The number of pyridine rings is 1. The smallest absolute Gasteiger partial charge is 0.300 e. The van der Waals surface area contributed by atoms with Gasteiger partial charge in [-0.25, -0.2) is 0 Å². The van der Waals surface area contributed by atoms with Gasteiger partial charge in [0.2, 0.25) is 0 Å². The first-order valence-corrected chi connectivity index (χ1v) is 10.3. The van der Waals surface area contributed by atoms with E-state index in [0.29, 0.717) is 16.9 Å². The first-order valence-electron chi connectivity index (χ1n) is 10.3. The molecule has 0 aliphatic carbocycles. The number of anilines is 1. The maximum atomic E-state index is 13.2. The van der Waals surface area contributed by atoms with Crippen molar-refractivity contribution in [3.05, 3.63) is 100 Å². The number of carbonyl (C=O) groups is 2. The van der Waals surface area contributed by atoms with E-state index >= 15 is 0 Å². The second-order valence-corrected chi connectivity index (χ2v) is 7.76. The summed E-state index contributed by atoms with van der Waals surface area (Å²) in [5.41, 5.74) is 4.66. The van der Waals surface area contributed by atoms with Crippen molar-refractivity contribution in [2.45, 2.75) is 33.2 Å². The molecule has 1 aliphatic heterocycles. The predicted molar refractivity (Wildman–Crippen MR) is 121 cm³/mol. The summed E-state index contributed by atoms with van der Waals surface area (Å²) < 4.78 is 0. The van der Waals surface area contributed by atoms with Gasteiger partial charge in [0, 0.05) is 17.4 Å². The molecular formula is C26H24N2O3. The number of benzene rings is 2. The summed E-state index contributed by atoms with van der Waals surface area (Å²) in [5.74, 6) is -1.57. The summed E-state index contributed by atoms with van der Waals surface area (Å²) >= 11 is 0. The SMILES string of the molecule is CCc1ccc(/C(O)=C2\C(=O)C(=O)N(c3cc(C)ccc3C)C2c2ccccn2)cc1. The monoisotopic (exact) mass is 412 g/mol. The molecule has 1 amide bonds. The highest BCUT2D eigenvalue weighted by molar-refractivity contribution is 6.51. The van der Waals surface area contributed by atoms with E-state index < -0.39 is 17.7 Å². The van der Waals surface area contributed by atoms with Gasteiger partial charge in [-0.2, -0.15) is 0 Å². The molecule has 156 valence electrons. The Morgan fingerprint density at radius 3 is 2.42 bits per heavy atom. The van der Waals surface area contributed by atoms with Gasteiger partial charge < -0.3 is 5.11 Å². The highest BCUT2D eigenvalue weighted by atomic mass is 16.3. The molecule has 5 nitrogen and oxygen atoms in total. The number of aliphatic hydroxyl groups is 1. The Labute approximate surface area is 181 Å². The van der Waals surface area contributed by atoms with Crippen LogP contribution in [0.3, 0.4) is 0 Å². The molecule has 3 aromatic rings. The van der Waals surface area contributed by atoms with Gasteiger partial charge in [-0.05, 0) is 55.2 Å². The molecule has 2 aromatic carbocycles. The summed E-state index contributed by atoms with van der Waals surface area (Å²) in [7, 11) is 0. The molecule has 1 N–H and O–H groups in total. The highest BCUT2D eigenvalue weighted by Crippen LogP contribution is 2.42. The van der Waals surface area contributed by atoms with E-state index in [-0.39, 0.29) is 11.3 Å². The van der Waals surface area contributed by atoms with Crippen LogP contribution in [0.15, 0.2) is 72.4 Å². The van der Waals surface area contributed by atoms with Gasteiger partial charge in [-0.1, -0.05) is 49.4 Å². The van der Waals surface area contributed by atoms with Crippen molar-refractivity contribution < 1.29 is 14.7 Å². The van der Waals surface area contributed by atoms with Crippen molar-refractivity contribution in [3.8, 4) is 0 Å². The molecule has 5 heteroatoms. The van der Waals surface area contributed by atoms with Crippen LogP contribution in [-0.2, 0) is 16.0 Å². The van der Waals surface area contributed by atoms with Gasteiger partial charge in [0.05, 0.1) is 11.3 Å². The molecule has 1 aromatic heterocycles. The van der Waals surface area contributed by atoms with Gasteiger partial charge in [0.15, 0.2) is 0 Å². The minimum absolute atomic E-state index is 0.0499. The van der Waals surface area contributed by atoms with E-state index in [0.717, 1.165) is 23.1 Å². The largest absolute Gasteiger partial charge is 0.507 e. The molecule has 31 heavy (non-hydrogen) atoms. The number of hydrogen-bond donors (Lipinski definition) is 1. The summed E-state index contributed by atoms with van der Waals surface area (Å²) in [6.07, 6.45) is 2.49. The van der Waals surface area contributed by atoms with E-state index in [2.05, 4.69) is 4.98 Å². The molecule has 0 radical (unpaired) electrons. The third kappa shape index (κ3) is 3.63. The third-order valence-corrected chi connectivity index (χ3v) is 5.67. The van der Waals surface area contributed by atoms with E-state index in [1.165, 1.54) is 4.90 Å². The molecule has 0 saturated carbocycles. The molecule has 0 spiro atoms. The summed E-state index contributed by atoms with van der Waals surface area (Å²) in [6, 6.07) is 17.7. The van der Waals surface area contributed by atoms with Crippen LogP contribution < -0.4 is 4.90 Å². The van der Waals surface area contributed by atoms with Crippen LogP contribution in [-0.4, -0.2) is 21.8 Å². The lowest BCUT2D eigenvalue weighted by atomic mass is 9.97. The molecule has 4 rings (SSSR count). The van der Waals surface area contributed by atoms with Crippen LogP contribution in [0.5, 0.6) is 0 Å². The van der Waals surface area contributed by atoms with Crippen LogP contribution >= 0.6 is 0 Å². The average molecular weight is 412 g/mol. The minimum Gasteiger partial charge on any atom is -0.507 e. The number of rotatable bonds is 4. The molecule has 2 heterocycles. The summed E-state index contributed by atoms with van der Waals surface area (Å²) in [4.78, 5) is 32.3. The third-order valence-electron chi connectivity index (χ3n) is 5.67. The Kier molecular flexibility index (Phi) is 5.42. The Morgan fingerprint density at radius 2 is 1.77 bits per heavy atom. The Hall–Kier alpha value is -3.73. The fourth-order valence-corrected chi connectivity index (χ4v) is 3.93. The van der Waals surface area contributed by atoms with Crippen LogP contribution in [0.25, 0.3) is 5.76 Å². The van der Waals surface area contributed by atoms with Crippen LogP contribution in [0.1, 0.15) is 40.9 Å². The molecule has 1 atom stereocenters. The molecule has 1 aliphatic rings. The number of aliphatic hydroxyl groups excluding tert-OH is 1. The van der Waals surface area contributed by atoms with Crippen LogP contribution in [0, 0.1) is 13.8 Å². The number of aryl methyl sites for hydroxylation is 3. The number of carbonyl (C=O) groups excluding carboxylic acids is 2. The summed E-state index contributed by atoms with van der Waals surface area (Å²) in [5, 5.41) is 11.1. The lowest BCUT2D eigenvalue weighted by molar-refractivity contribution is -0.132. The van der Waals surface area contributed by atoms with Crippen molar-refractivity contribution >= 4 is 23.1 Å². The number of hydrogen-bond acceptors (Lipinski definition) is 4. The van der Waals surface area contributed by atoms with Gasteiger partial charge >= 0.3 is 0 Å². The second-order valence-electron chi connectivity index (χ2n) is 7.76. The lowest BCUT2D eigenvalue weighted by Crippen LogP contribution is -2.30. The van der Waals surface area contributed by atoms with Crippen LogP contribution in [0.2, 0.25) is 0 Å². The van der Waals surface area contributed by atoms with Crippen molar-refractivity contribution in [2.75, 3.05) is 4.90 Å². The maximum absolute atomic E-state index is 13.2. The van der Waals surface area contributed by atoms with E-state index in [9.17, 15) is 14.7 Å². The topological polar surface area (TPSA) is 70.5 Å². The number of ketones is 1. The normalized spacial score (nSPS) is 17.9. The zero-order valence-electron chi connectivity index (χ0n) is 17.8. The van der Waals surface area contributed by atoms with Gasteiger partial charge in [-0.15, -0.1) is 0 Å². The predicted octanol–water partition coefficient (Wildman–Crippen LogP) is 4.89. The fraction of sp³-hybridized carbons (Fsp3) is 0.192. The molecule has 0 bridgehead atoms. The fourth-order valence-electron chi connectivity index (χ4n) is 3.93. The molecule has 1 saturated heterocycles. The minimum atomic E-state index is -0.812. The van der Waals surface area contributed by atoms with Gasteiger partial charge in [0.1, 0.15) is 11.8 Å². The lowest BCUT2D eigenvalue weighted by Gasteiger charge is -2.26. The van der Waals surface area contributed by atoms with Crippen molar-refractivity contribution in [1.29, 1.82) is 0 Å². The first kappa shape index (κ1) is 20.5. The van der Waals surface area contributed by atoms with E-state index in [4.69, 9.17) is 0 Å². The second kappa shape index (κ2) is 8.19. The van der Waals surface area contributed by atoms with E-state index in [1.807, 2.05) is 57.2 Å². The number of nitrogens with zero attached hydrogens (tertiary/aromatic N) is 2. The number of amides is 1. The van der Waals surface area contributed by atoms with Crippen molar-refractivity contribution in [1.82, 2.24) is 4.98 Å². The van der Waals surface area contributed by atoms with Gasteiger partial charge in [-0.3, -0.25) is 19.5 Å². The number of aromatic nitrogens is 1. The van der Waals surface area contributed by atoms with Crippen molar-refractivity contribution in [3.63, 3.8) is 0 Å². The Morgan fingerprint density at radius 1 is 1.03 bits per heavy atom. The van der Waals surface area contributed by atoms with Crippen LogP contribution in [0.4, 0.5) is 5.69 Å². The number of Topliss-reactive ketones (excluding diaryl/α,β-unsaturated/α-hetero) is 1. The molecular weight excluding hydrogens is 388 g/mol. The quantitative estimate of drug-likeness (QED) is 0.376. The van der Waals surface area contributed by atoms with Crippen molar-refractivity contribution in [2.24, 2.45) is 0 Å². The highest BCUT2D eigenvalue weighted by Gasteiger charge is 2.48. The average Bonchev–Trinajstić information content (AvgIpc) is 3.06. The molecule has 1 unspecified atom stereocenters. The maximum Gasteiger partial charge on any atom is 0.300 e. The van der Waals surface area contributed by atoms with E-state index in [1.54, 1.807) is 30.5 Å². The molecule has 1 fully saturated rings. The Bertz CT molecular complexity index is 1180. The zero-order valence-corrected chi connectivity index (χ0v) is 17.8. The first-order chi connectivity index (χ1) is 14.9. The zero-order chi connectivity index (χ0) is 22.1. The van der Waals surface area contributed by atoms with Gasteiger partial charge in [0.25, 0.3) is 11.7 Å². The summed E-state index contributed by atoms with van der Waals surface area (Å²) in [6.45, 7) is 5.88.